The SMILES string of the molecule is O=C(O)OC1CN(Cc2ccc(-c3noc(COCC4(c5ccc(F)cc5)CCOCC4)n3)cc2)C1. The molecule has 1 N–H and O–H groups in total. The number of aromatic nitrogens is 2. The number of nitrogens with zero attached hydrogens (tertiary/aromatic N) is 3. The maximum absolute atomic E-state index is 13.4. The van der Waals surface area contributed by atoms with Gasteiger partial charge >= 0.3 is 6.16 Å². The second-order valence-corrected chi connectivity index (χ2v) is 9.30. The van der Waals surface area contributed by atoms with E-state index in [2.05, 4.69) is 15.0 Å². The maximum Gasteiger partial charge on any atom is 0.506 e. The Morgan fingerprint density at radius 2 is 1.83 bits per heavy atom. The normalized spacial score (nSPS) is 18.0. The van der Waals surface area contributed by atoms with Crippen LogP contribution in [0.25, 0.3) is 11.4 Å². The molecule has 0 atom stereocenters. The van der Waals surface area contributed by atoms with Gasteiger partial charge in [-0.1, -0.05) is 41.6 Å². The minimum atomic E-state index is -1.23. The van der Waals surface area contributed by atoms with E-state index in [9.17, 15) is 9.18 Å². The molecule has 0 unspecified atom stereocenters. The summed E-state index contributed by atoms with van der Waals surface area (Å²) in [5, 5.41) is 12.7. The Kier molecular flexibility index (Phi) is 7.26. The van der Waals surface area contributed by atoms with E-state index in [1.54, 1.807) is 0 Å². The number of ether oxygens (including phenoxy) is 3. The highest BCUT2D eigenvalue weighted by Crippen LogP contribution is 2.35. The van der Waals surface area contributed by atoms with Gasteiger partial charge in [-0.05, 0) is 36.1 Å². The first-order chi connectivity index (χ1) is 17.5. The molecule has 3 heterocycles. The van der Waals surface area contributed by atoms with Crippen LogP contribution in [0, 0.1) is 5.82 Å². The van der Waals surface area contributed by atoms with Crippen LogP contribution in [0.1, 0.15) is 29.9 Å². The Bertz CT molecular complexity index is 1160. The van der Waals surface area contributed by atoms with Gasteiger partial charge in [-0.25, -0.2) is 9.18 Å². The van der Waals surface area contributed by atoms with E-state index in [4.69, 9.17) is 23.8 Å². The fourth-order valence-electron chi connectivity index (χ4n) is 4.73. The van der Waals surface area contributed by atoms with Gasteiger partial charge in [-0.15, -0.1) is 0 Å². The lowest BCUT2D eigenvalue weighted by Crippen LogP contribution is -2.52. The molecule has 2 aliphatic heterocycles. The number of likely N-dealkylation sites (tertiary alicyclic amines) is 1. The summed E-state index contributed by atoms with van der Waals surface area (Å²) in [6.07, 6.45) is 0.110. The van der Waals surface area contributed by atoms with Gasteiger partial charge in [0.2, 0.25) is 5.82 Å². The molecule has 190 valence electrons. The van der Waals surface area contributed by atoms with Gasteiger partial charge in [0.1, 0.15) is 18.5 Å². The van der Waals surface area contributed by atoms with Gasteiger partial charge in [0.05, 0.1) is 6.61 Å². The van der Waals surface area contributed by atoms with Crippen molar-refractivity contribution in [2.45, 2.75) is 37.5 Å². The van der Waals surface area contributed by atoms with Crippen molar-refractivity contribution < 1.29 is 33.0 Å². The van der Waals surface area contributed by atoms with Gasteiger partial charge < -0.3 is 23.8 Å². The van der Waals surface area contributed by atoms with Crippen LogP contribution in [0.15, 0.2) is 53.1 Å². The molecular weight excluding hydrogens is 469 g/mol. The zero-order valence-electron chi connectivity index (χ0n) is 19.8. The lowest BCUT2D eigenvalue weighted by Gasteiger charge is -2.37. The van der Waals surface area contributed by atoms with Crippen LogP contribution in [0.5, 0.6) is 0 Å². The van der Waals surface area contributed by atoms with Crippen LogP contribution in [-0.2, 0) is 32.8 Å². The third-order valence-electron chi connectivity index (χ3n) is 6.79. The number of halogens is 1. The summed E-state index contributed by atoms with van der Waals surface area (Å²) in [6, 6.07) is 14.5. The monoisotopic (exact) mass is 497 g/mol. The number of hydrogen-bond acceptors (Lipinski definition) is 8. The lowest BCUT2D eigenvalue weighted by molar-refractivity contribution is -0.0363. The third kappa shape index (κ3) is 5.72. The Morgan fingerprint density at radius 3 is 2.53 bits per heavy atom. The van der Waals surface area contributed by atoms with Crippen LogP contribution in [0.4, 0.5) is 9.18 Å². The first kappa shape index (κ1) is 24.4. The first-order valence-electron chi connectivity index (χ1n) is 11.9. The summed E-state index contributed by atoms with van der Waals surface area (Å²) in [4.78, 5) is 17.2. The number of rotatable bonds is 9. The zero-order chi connectivity index (χ0) is 25.0. The first-order valence-corrected chi connectivity index (χ1v) is 11.9. The quantitative estimate of drug-likeness (QED) is 0.439. The molecule has 0 radical (unpaired) electrons. The number of hydrogen-bond donors (Lipinski definition) is 1. The molecule has 0 spiro atoms. The van der Waals surface area contributed by atoms with Gasteiger partial charge in [0.15, 0.2) is 0 Å². The summed E-state index contributed by atoms with van der Waals surface area (Å²) in [5.41, 5.74) is 2.74. The lowest BCUT2D eigenvalue weighted by atomic mass is 9.75. The molecule has 0 saturated carbocycles. The smallest absolute Gasteiger partial charge is 0.450 e. The maximum atomic E-state index is 13.4. The summed E-state index contributed by atoms with van der Waals surface area (Å²) < 4.78 is 35.1. The Hall–Kier alpha value is -3.34. The Morgan fingerprint density at radius 1 is 1.11 bits per heavy atom. The van der Waals surface area contributed by atoms with Crippen molar-refractivity contribution in [3.8, 4) is 11.4 Å². The molecule has 5 rings (SSSR count). The average molecular weight is 498 g/mol. The number of carbonyl (C=O) groups is 1. The molecule has 0 amide bonds. The van der Waals surface area contributed by atoms with Gasteiger partial charge in [-0.3, -0.25) is 4.90 Å². The van der Waals surface area contributed by atoms with Crippen molar-refractivity contribution in [1.29, 1.82) is 0 Å². The van der Waals surface area contributed by atoms with E-state index in [-0.39, 0.29) is 23.9 Å². The van der Waals surface area contributed by atoms with Crippen LogP contribution < -0.4 is 0 Å². The molecule has 10 heteroatoms. The molecule has 2 aliphatic rings. The Labute approximate surface area is 207 Å². The van der Waals surface area contributed by atoms with E-state index < -0.39 is 6.16 Å². The predicted molar refractivity (Wildman–Crippen MR) is 126 cm³/mol. The van der Waals surface area contributed by atoms with Crippen molar-refractivity contribution in [3.63, 3.8) is 0 Å². The molecule has 0 bridgehead atoms. The van der Waals surface area contributed by atoms with Gasteiger partial charge in [0, 0.05) is 43.8 Å². The predicted octanol–water partition coefficient (Wildman–Crippen LogP) is 4.02. The van der Waals surface area contributed by atoms with Gasteiger partial charge in [-0.2, -0.15) is 4.98 Å². The number of carboxylic acid groups (broad SMARTS) is 1. The largest absolute Gasteiger partial charge is 0.506 e. The number of benzene rings is 2. The molecular formula is C26H28FN3O6. The van der Waals surface area contributed by atoms with Crippen molar-refractivity contribution in [2.24, 2.45) is 0 Å². The van der Waals surface area contributed by atoms with Crippen molar-refractivity contribution >= 4 is 6.16 Å². The minimum absolute atomic E-state index is 0.184. The van der Waals surface area contributed by atoms with Crippen molar-refractivity contribution in [1.82, 2.24) is 15.0 Å². The average Bonchev–Trinajstić information content (AvgIpc) is 3.33. The zero-order valence-corrected chi connectivity index (χ0v) is 19.8. The van der Waals surface area contributed by atoms with Crippen molar-refractivity contribution in [3.05, 3.63) is 71.4 Å². The topological polar surface area (TPSA) is 107 Å². The van der Waals surface area contributed by atoms with E-state index in [0.29, 0.717) is 51.2 Å². The van der Waals surface area contributed by atoms with Crippen LogP contribution in [-0.4, -0.2) is 65.3 Å². The highest BCUT2D eigenvalue weighted by molar-refractivity contribution is 5.57. The fraction of sp³-hybridized carbons (Fsp3) is 0.423. The highest BCUT2D eigenvalue weighted by Gasteiger charge is 2.35. The van der Waals surface area contributed by atoms with E-state index >= 15 is 0 Å². The molecule has 2 fully saturated rings. The van der Waals surface area contributed by atoms with Gasteiger partial charge in [0.25, 0.3) is 5.89 Å². The molecule has 1 aromatic heterocycles. The van der Waals surface area contributed by atoms with Crippen LogP contribution in [0.2, 0.25) is 0 Å². The standard InChI is InChI=1S/C26H28FN3O6/c27-21-7-5-20(6-8-21)26(9-11-33-12-10-26)17-34-16-23-28-24(29-36-23)19-3-1-18(2-4-19)13-30-14-22(15-30)35-25(31)32/h1-8,22H,9-17H2,(H,31,32). The minimum Gasteiger partial charge on any atom is -0.450 e. The van der Waals surface area contributed by atoms with Crippen LogP contribution >= 0.6 is 0 Å². The second-order valence-electron chi connectivity index (χ2n) is 9.30. The van der Waals surface area contributed by atoms with Crippen LogP contribution in [0.3, 0.4) is 0 Å². The molecule has 9 nitrogen and oxygen atoms in total. The second kappa shape index (κ2) is 10.7. The summed E-state index contributed by atoms with van der Waals surface area (Å²) in [6.45, 7) is 3.81. The Balaban J connectivity index is 1.14. The molecule has 0 aliphatic carbocycles. The molecule has 2 aromatic carbocycles. The molecule has 2 saturated heterocycles. The third-order valence-corrected chi connectivity index (χ3v) is 6.79. The van der Waals surface area contributed by atoms with E-state index in [0.717, 1.165) is 29.5 Å². The van der Waals surface area contributed by atoms with Crippen molar-refractivity contribution in [2.75, 3.05) is 32.9 Å². The fourth-order valence-corrected chi connectivity index (χ4v) is 4.73. The molecule has 36 heavy (non-hydrogen) atoms. The summed E-state index contributed by atoms with van der Waals surface area (Å²) in [5.74, 6) is 0.617. The highest BCUT2D eigenvalue weighted by atomic mass is 19.1. The molecule has 3 aromatic rings. The van der Waals surface area contributed by atoms with E-state index in [1.165, 1.54) is 12.1 Å². The summed E-state index contributed by atoms with van der Waals surface area (Å²) in [7, 11) is 0. The summed E-state index contributed by atoms with van der Waals surface area (Å²) >= 11 is 0. The van der Waals surface area contributed by atoms with E-state index in [1.807, 2.05) is 36.4 Å².